The van der Waals surface area contributed by atoms with Crippen LogP contribution in [0.5, 0.6) is 11.5 Å². The summed E-state index contributed by atoms with van der Waals surface area (Å²) in [5.41, 5.74) is 3.79. The number of ether oxygens (including phenoxy) is 2. The average Bonchev–Trinajstić information content (AvgIpc) is 3.37. The third-order valence-corrected chi connectivity index (χ3v) is 5.33. The van der Waals surface area contributed by atoms with Gasteiger partial charge in [-0.2, -0.15) is 0 Å². The van der Waals surface area contributed by atoms with E-state index in [1.54, 1.807) is 0 Å². The van der Waals surface area contributed by atoms with Gasteiger partial charge in [-0.3, -0.25) is 4.90 Å². The Bertz CT molecular complexity index is 806. The Hall–Kier alpha value is -2.31. The van der Waals surface area contributed by atoms with Crippen LogP contribution in [0.2, 0.25) is 0 Å². The smallest absolute Gasteiger partial charge is 0.231 e. The topological polar surface area (TPSA) is 45.8 Å². The zero-order valence-electron chi connectivity index (χ0n) is 15.4. The molecule has 1 saturated heterocycles. The highest BCUT2D eigenvalue weighted by atomic mass is 32.1. The van der Waals surface area contributed by atoms with E-state index < -0.39 is 0 Å². The van der Waals surface area contributed by atoms with Crippen molar-refractivity contribution in [3.63, 3.8) is 0 Å². The molecule has 0 atom stereocenters. The molecule has 5 nitrogen and oxygen atoms in total. The Kier molecular flexibility index (Phi) is 5.75. The Morgan fingerprint density at radius 2 is 1.67 bits per heavy atom. The molecule has 0 unspecified atom stereocenters. The molecule has 1 fully saturated rings. The van der Waals surface area contributed by atoms with Gasteiger partial charge in [0, 0.05) is 19.6 Å². The van der Waals surface area contributed by atoms with Gasteiger partial charge in [0.1, 0.15) is 0 Å². The maximum atomic E-state index is 5.45. The molecule has 2 aliphatic rings. The molecular weight excluding hydrogens is 358 g/mol. The van der Waals surface area contributed by atoms with Gasteiger partial charge in [0.05, 0.1) is 0 Å². The van der Waals surface area contributed by atoms with Crippen LogP contribution in [0.4, 0.5) is 0 Å². The molecule has 27 heavy (non-hydrogen) atoms. The summed E-state index contributed by atoms with van der Waals surface area (Å²) in [5, 5.41) is 7.26. The first-order chi connectivity index (χ1) is 13.3. The van der Waals surface area contributed by atoms with Gasteiger partial charge in [-0.25, -0.2) is 0 Å². The van der Waals surface area contributed by atoms with E-state index in [1.165, 1.54) is 37.1 Å². The lowest BCUT2D eigenvalue weighted by Crippen LogP contribution is -2.34. The van der Waals surface area contributed by atoms with Gasteiger partial charge in [0.25, 0.3) is 0 Å². The summed E-state index contributed by atoms with van der Waals surface area (Å²) in [6, 6.07) is 14.6. The maximum Gasteiger partial charge on any atom is 0.231 e. The van der Waals surface area contributed by atoms with Gasteiger partial charge in [-0.1, -0.05) is 30.3 Å². The van der Waals surface area contributed by atoms with Gasteiger partial charge in [0.2, 0.25) is 6.79 Å². The second-order valence-corrected chi connectivity index (χ2v) is 7.38. The number of nitrogens with zero attached hydrogens (tertiary/aromatic N) is 1. The molecule has 2 heterocycles. The Morgan fingerprint density at radius 1 is 0.926 bits per heavy atom. The van der Waals surface area contributed by atoms with Crippen LogP contribution in [0.25, 0.3) is 0 Å². The van der Waals surface area contributed by atoms with Crippen molar-refractivity contribution in [2.24, 2.45) is 0 Å². The zero-order valence-corrected chi connectivity index (χ0v) is 16.2. The van der Waals surface area contributed by atoms with Crippen molar-refractivity contribution in [3.8, 4) is 11.5 Å². The van der Waals surface area contributed by atoms with E-state index in [0.29, 0.717) is 18.5 Å². The number of hydrogen-bond donors (Lipinski definition) is 2. The van der Waals surface area contributed by atoms with Crippen molar-refractivity contribution < 1.29 is 9.47 Å². The molecule has 0 aliphatic carbocycles. The van der Waals surface area contributed by atoms with E-state index >= 15 is 0 Å². The van der Waals surface area contributed by atoms with Gasteiger partial charge < -0.3 is 20.1 Å². The van der Waals surface area contributed by atoms with Gasteiger partial charge in [-0.05, 0) is 67.0 Å². The second kappa shape index (κ2) is 8.59. The van der Waals surface area contributed by atoms with E-state index in [9.17, 15) is 0 Å². The number of likely N-dealkylation sites (tertiary alicyclic amines) is 1. The lowest BCUT2D eigenvalue weighted by molar-refractivity contribution is 0.174. The fourth-order valence-corrected chi connectivity index (χ4v) is 3.68. The van der Waals surface area contributed by atoms with E-state index in [1.807, 2.05) is 18.2 Å². The third-order valence-electron chi connectivity index (χ3n) is 5.04. The first-order valence-electron chi connectivity index (χ1n) is 9.47. The quantitative estimate of drug-likeness (QED) is 0.747. The fraction of sp³-hybridized carbons (Fsp3) is 0.381. The average molecular weight is 384 g/mol. The monoisotopic (exact) mass is 383 g/mol. The molecular formula is C21H25N3O2S. The lowest BCUT2D eigenvalue weighted by atomic mass is 10.1. The normalized spacial score (nSPS) is 15.7. The molecule has 142 valence electrons. The number of rotatable bonds is 6. The summed E-state index contributed by atoms with van der Waals surface area (Å²) in [7, 11) is 0. The van der Waals surface area contributed by atoms with Crippen molar-refractivity contribution in [1.82, 2.24) is 15.5 Å². The van der Waals surface area contributed by atoms with Crippen molar-refractivity contribution in [1.29, 1.82) is 0 Å². The van der Waals surface area contributed by atoms with Crippen LogP contribution in [0, 0.1) is 0 Å². The molecule has 6 heteroatoms. The Balaban J connectivity index is 1.28. The summed E-state index contributed by atoms with van der Waals surface area (Å²) >= 11 is 5.45. The number of benzene rings is 2. The number of fused-ring (bicyclic) bond motifs is 1. The van der Waals surface area contributed by atoms with Crippen molar-refractivity contribution in [3.05, 3.63) is 59.2 Å². The minimum absolute atomic E-state index is 0.295. The number of hydrogen-bond acceptors (Lipinski definition) is 4. The van der Waals surface area contributed by atoms with Crippen LogP contribution < -0.4 is 20.1 Å². The van der Waals surface area contributed by atoms with Crippen LogP contribution in [-0.4, -0.2) is 29.9 Å². The Morgan fingerprint density at radius 3 is 2.52 bits per heavy atom. The van der Waals surface area contributed by atoms with Crippen LogP contribution >= 0.6 is 12.2 Å². The SMILES string of the molecule is S=C(NCc1ccc2c(c1)OCO2)NCc1ccccc1CN1CCCC1. The van der Waals surface area contributed by atoms with Gasteiger partial charge in [0.15, 0.2) is 16.6 Å². The molecule has 0 saturated carbocycles. The van der Waals surface area contributed by atoms with Crippen molar-refractivity contribution >= 4 is 17.3 Å². The Labute approximate surface area is 165 Å². The van der Waals surface area contributed by atoms with Crippen molar-refractivity contribution in [2.45, 2.75) is 32.5 Å². The van der Waals surface area contributed by atoms with Crippen molar-refractivity contribution in [2.75, 3.05) is 19.9 Å². The molecule has 0 amide bonds. The molecule has 2 aliphatic heterocycles. The van der Waals surface area contributed by atoms with E-state index in [-0.39, 0.29) is 0 Å². The molecule has 0 bridgehead atoms. The standard InChI is InChI=1S/C21H25N3O2S/c27-21(22-12-16-7-8-19-20(11-16)26-15-25-19)23-13-17-5-1-2-6-18(17)14-24-9-3-4-10-24/h1-2,5-8,11H,3-4,9-10,12-15H2,(H2,22,23,27). The van der Waals surface area contributed by atoms with E-state index in [4.69, 9.17) is 21.7 Å². The van der Waals surface area contributed by atoms with Crippen LogP contribution in [0.15, 0.2) is 42.5 Å². The molecule has 2 aromatic carbocycles. The predicted molar refractivity (Wildman–Crippen MR) is 110 cm³/mol. The molecule has 0 aromatic heterocycles. The first-order valence-corrected chi connectivity index (χ1v) is 9.88. The number of nitrogens with one attached hydrogen (secondary N) is 2. The molecule has 2 aromatic rings. The highest BCUT2D eigenvalue weighted by Gasteiger charge is 2.14. The highest BCUT2D eigenvalue weighted by molar-refractivity contribution is 7.80. The minimum atomic E-state index is 0.295. The third kappa shape index (κ3) is 4.70. The molecule has 2 N–H and O–H groups in total. The summed E-state index contributed by atoms with van der Waals surface area (Å²) in [4.78, 5) is 2.52. The summed E-state index contributed by atoms with van der Waals surface area (Å²) in [5.74, 6) is 1.60. The fourth-order valence-electron chi connectivity index (χ4n) is 3.54. The van der Waals surface area contributed by atoms with Crippen LogP contribution in [0.1, 0.15) is 29.5 Å². The maximum absolute atomic E-state index is 5.45. The summed E-state index contributed by atoms with van der Waals surface area (Å²) < 4.78 is 10.8. The van der Waals surface area contributed by atoms with Crippen LogP contribution in [0.3, 0.4) is 0 Å². The minimum Gasteiger partial charge on any atom is -0.454 e. The molecule has 0 radical (unpaired) electrons. The van der Waals surface area contributed by atoms with Gasteiger partial charge >= 0.3 is 0 Å². The lowest BCUT2D eigenvalue weighted by Gasteiger charge is -2.18. The summed E-state index contributed by atoms with van der Waals surface area (Å²) in [6.45, 7) is 5.11. The number of thiocarbonyl (C=S) groups is 1. The molecule has 0 spiro atoms. The van der Waals surface area contributed by atoms with Crippen LogP contribution in [-0.2, 0) is 19.6 Å². The first kappa shape index (κ1) is 18.1. The van der Waals surface area contributed by atoms with Gasteiger partial charge in [-0.15, -0.1) is 0 Å². The second-order valence-electron chi connectivity index (χ2n) is 6.98. The zero-order chi connectivity index (χ0) is 18.5. The predicted octanol–water partition coefficient (Wildman–Crippen LogP) is 3.18. The largest absolute Gasteiger partial charge is 0.454 e. The molecule has 4 rings (SSSR count). The highest BCUT2D eigenvalue weighted by Crippen LogP contribution is 2.32. The van der Waals surface area contributed by atoms with E-state index in [2.05, 4.69) is 39.8 Å². The van der Waals surface area contributed by atoms with E-state index in [0.717, 1.165) is 30.2 Å². The summed E-state index contributed by atoms with van der Waals surface area (Å²) in [6.07, 6.45) is 2.63.